The number of hydrogen-bond donors (Lipinski definition) is 1. The molecule has 0 spiro atoms. The van der Waals surface area contributed by atoms with Gasteiger partial charge in [0.05, 0.1) is 10.1 Å². The van der Waals surface area contributed by atoms with E-state index in [1.54, 1.807) is 0 Å². The molecule has 158 valence electrons. The predicted molar refractivity (Wildman–Crippen MR) is 94.6 cm³/mol. The fraction of sp³-hybridized carbons (Fsp3) is 0.625. The van der Waals surface area contributed by atoms with Crippen LogP contribution in [0.4, 0.5) is 13.2 Å². The van der Waals surface area contributed by atoms with Crippen LogP contribution < -0.4 is 9.46 Å². The molecule has 28 heavy (non-hydrogen) atoms. The summed E-state index contributed by atoms with van der Waals surface area (Å²) >= 11 is 0. The van der Waals surface area contributed by atoms with Crippen molar-refractivity contribution in [3.05, 3.63) is 24.3 Å². The molecule has 1 aromatic carbocycles. The summed E-state index contributed by atoms with van der Waals surface area (Å²) < 4.78 is 93.1. The molecule has 1 aliphatic heterocycles. The maximum absolute atomic E-state index is 12.3. The van der Waals surface area contributed by atoms with Crippen molar-refractivity contribution in [1.29, 1.82) is 0 Å². The Hall–Kier alpha value is -1.37. The summed E-state index contributed by atoms with van der Waals surface area (Å²) in [5.41, 5.74) is 0. The smallest absolute Gasteiger partial charge is 0.406 e. The van der Waals surface area contributed by atoms with Crippen molar-refractivity contribution >= 4 is 20.0 Å². The Bertz CT molecular complexity index is 889. The second-order valence-electron chi connectivity index (χ2n) is 6.96. The highest BCUT2D eigenvalue weighted by molar-refractivity contribution is 7.90. The Labute approximate surface area is 162 Å². The van der Waals surface area contributed by atoms with Gasteiger partial charge in [0.15, 0.2) is 0 Å². The summed E-state index contributed by atoms with van der Waals surface area (Å²) in [6.45, 7) is 0.879. The first kappa shape index (κ1) is 21.3. The van der Waals surface area contributed by atoms with E-state index in [0.29, 0.717) is 38.8 Å². The number of ether oxygens (including phenoxy) is 1. The maximum atomic E-state index is 12.3. The van der Waals surface area contributed by atoms with E-state index in [-0.39, 0.29) is 22.6 Å². The van der Waals surface area contributed by atoms with Crippen molar-refractivity contribution < 1.29 is 34.7 Å². The van der Waals surface area contributed by atoms with Gasteiger partial charge in [-0.25, -0.2) is 25.9 Å². The minimum absolute atomic E-state index is 0.00624. The molecule has 0 atom stereocenters. The number of nitrogens with zero attached hydrogens (tertiary/aromatic N) is 1. The van der Waals surface area contributed by atoms with Gasteiger partial charge in [-0.3, -0.25) is 0 Å². The third-order valence-corrected chi connectivity index (χ3v) is 8.65. The van der Waals surface area contributed by atoms with Crippen LogP contribution >= 0.6 is 0 Å². The highest BCUT2D eigenvalue weighted by Gasteiger charge is 2.41. The molecule has 2 fully saturated rings. The Morgan fingerprint density at radius 1 is 1.00 bits per heavy atom. The fourth-order valence-corrected chi connectivity index (χ4v) is 6.07. The van der Waals surface area contributed by atoms with Gasteiger partial charge in [-0.15, -0.1) is 13.2 Å². The van der Waals surface area contributed by atoms with Crippen LogP contribution in [0.1, 0.15) is 25.7 Å². The normalized spacial score (nSPS) is 20.2. The number of rotatable bonds is 7. The third kappa shape index (κ3) is 5.37. The van der Waals surface area contributed by atoms with Crippen LogP contribution in [-0.4, -0.2) is 52.4 Å². The van der Waals surface area contributed by atoms with E-state index in [0.717, 1.165) is 24.3 Å². The average Bonchev–Trinajstić information content (AvgIpc) is 3.45. The molecule has 1 saturated heterocycles. The molecule has 0 aromatic heterocycles. The summed E-state index contributed by atoms with van der Waals surface area (Å²) in [4.78, 5) is -0.171. The quantitative estimate of drug-likeness (QED) is 0.698. The molecule has 7 nitrogen and oxygen atoms in total. The van der Waals surface area contributed by atoms with Gasteiger partial charge >= 0.3 is 6.36 Å². The zero-order chi connectivity index (χ0) is 20.6. The lowest BCUT2D eigenvalue weighted by molar-refractivity contribution is -0.274. The Morgan fingerprint density at radius 3 is 2.07 bits per heavy atom. The molecule has 1 N–H and O–H groups in total. The van der Waals surface area contributed by atoms with Crippen LogP contribution in [0.2, 0.25) is 0 Å². The second-order valence-corrected chi connectivity index (χ2v) is 10.9. The lowest BCUT2D eigenvalue weighted by Gasteiger charge is -2.31. The number of nitrogens with one attached hydrogen (secondary N) is 1. The highest BCUT2D eigenvalue weighted by Crippen LogP contribution is 2.33. The van der Waals surface area contributed by atoms with Crippen LogP contribution in [0.5, 0.6) is 5.75 Å². The molecule has 1 aliphatic carbocycles. The van der Waals surface area contributed by atoms with Crippen LogP contribution in [0.25, 0.3) is 0 Å². The van der Waals surface area contributed by atoms with Gasteiger partial charge in [0.25, 0.3) is 0 Å². The molecule has 0 unspecified atom stereocenters. The SMILES string of the molecule is O=S(=O)(NCC1CCN(S(=O)(=O)C2CC2)CC1)c1ccc(OC(F)(F)F)cc1. The van der Waals surface area contributed by atoms with Crippen molar-refractivity contribution in [2.75, 3.05) is 19.6 Å². The van der Waals surface area contributed by atoms with E-state index < -0.39 is 32.2 Å². The standard InChI is InChI=1S/C16H21F3N2O5S2/c17-16(18,19)26-13-1-3-14(4-2-13)27(22,23)20-11-12-7-9-21(10-8-12)28(24,25)15-5-6-15/h1-4,12,15,20H,5-11H2. The number of piperidine rings is 1. The van der Waals surface area contributed by atoms with Crippen molar-refractivity contribution in [2.24, 2.45) is 5.92 Å². The van der Waals surface area contributed by atoms with Crippen LogP contribution in [-0.2, 0) is 20.0 Å². The Balaban J connectivity index is 1.51. The summed E-state index contributed by atoms with van der Waals surface area (Å²) in [6, 6.07) is 3.94. The first-order valence-corrected chi connectivity index (χ1v) is 11.8. The van der Waals surface area contributed by atoms with Gasteiger partial charge in [0.2, 0.25) is 20.0 Å². The number of hydrogen-bond acceptors (Lipinski definition) is 5. The third-order valence-electron chi connectivity index (χ3n) is 4.81. The zero-order valence-electron chi connectivity index (χ0n) is 14.9. The fourth-order valence-electron chi connectivity index (χ4n) is 3.08. The van der Waals surface area contributed by atoms with E-state index in [1.807, 2.05) is 0 Å². The molecule has 1 aromatic rings. The molecular formula is C16H21F3N2O5S2. The van der Waals surface area contributed by atoms with E-state index in [2.05, 4.69) is 9.46 Å². The molecule has 1 heterocycles. The van der Waals surface area contributed by atoms with Crippen LogP contribution in [0, 0.1) is 5.92 Å². The van der Waals surface area contributed by atoms with Crippen molar-refractivity contribution in [3.63, 3.8) is 0 Å². The Morgan fingerprint density at radius 2 is 1.57 bits per heavy atom. The molecule has 0 bridgehead atoms. The topological polar surface area (TPSA) is 92.8 Å². The van der Waals surface area contributed by atoms with Crippen LogP contribution in [0.3, 0.4) is 0 Å². The summed E-state index contributed by atoms with van der Waals surface area (Å²) in [5.74, 6) is -0.510. The number of halogens is 3. The van der Waals surface area contributed by atoms with Gasteiger partial charge in [-0.2, -0.15) is 0 Å². The molecular weight excluding hydrogens is 421 g/mol. The van der Waals surface area contributed by atoms with E-state index >= 15 is 0 Å². The van der Waals surface area contributed by atoms with Gasteiger partial charge in [-0.1, -0.05) is 0 Å². The van der Waals surface area contributed by atoms with Gasteiger partial charge in [0.1, 0.15) is 5.75 Å². The van der Waals surface area contributed by atoms with Gasteiger partial charge < -0.3 is 4.74 Å². The van der Waals surface area contributed by atoms with Crippen molar-refractivity contribution in [2.45, 2.75) is 42.2 Å². The number of benzene rings is 1. The van der Waals surface area contributed by atoms with E-state index in [1.165, 1.54) is 4.31 Å². The summed E-state index contributed by atoms with van der Waals surface area (Å²) in [6.07, 6.45) is -2.34. The summed E-state index contributed by atoms with van der Waals surface area (Å²) in [7, 11) is -7.10. The molecule has 1 saturated carbocycles. The lowest BCUT2D eigenvalue weighted by atomic mass is 9.99. The van der Waals surface area contributed by atoms with Crippen molar-refractivity contribution in [3.8, 4) is 5.75 Å². The first-order valence-electron chi connectivity index (χ1n) is 8.82. The zero-order valence-corrected chi connectivity index (χ0v) is 16.5. The predicted octanol–water partition coefficient (Wildman–Crippen LogP) is 2.07. The van der Waals surface area contributed by atoms with Crippen molar-refractivity contribution in [1.82, 2.24) is 9.03 Å². The highest BCUT2D eigenvalue weighted by atomic mass is 32.2. The van der Waals surface area contributed by atoms with Gasteiger partial charge in [0, 0.05) is 19.6 Å². The maximum Gasteiger partial charge on any atom is 0.573 e. The monoisotopic (exact) mass is 442 g/mol. The Kier molecular flexibility index (Phi) is 5.95. The number of sulfonamides is 2. The van der Waals surface area contributed by atoms with Gasteiger partial charge in [-0.05, 0) is 55.9 Å². The molecule has 12 heteroatoms. The number of alkyl halides is 3. The molecule has 2 aliphatic rings. The van der Waals surface area contributed by atoms with Crippen LogP contribution in [0.15, 0.2) is 29.2 Å². The van der Waals surface area contributed by atoms with E-state index in [4.69, 9.17) is 0 Å². The molecule has 3 rings (SSSR count). The molecule has 0 radical (unpaired) electrons. The summed E-state index contributed by atoms with van der Waals surface area (Å²) in [5, 5.41) is -0.258. The second kappa shape index (κ2) is 7.81. The average molecular weight is 442 g/mol. The first-order chi connectivity index (χ1) is 13.0. The lowest BCUT2D eigenvalue weighted by Crippen LogP contribution is -2.42. The minimum Gasteiger partial charge on any atom is -0.406 e. The van der Waals surface area contributed by atoms with E-state index in [9.17, 15) is 30.0 Å². The minimum atomic E-state index is -4.85. The largest absolute Gasteiger partial charge is 0.573 e. The molecule has 0 amide bonds.